The van der Waals surface area contributed by atoms with E-state index in [0.29, 0.717) is 16.1 Å². The van der Waals surface area contributed by atoms with Gasteiger partial charge in [0.2, 0.25) is 5.91 Å². The van der Waals surface area contributed by atoms with Crippen LogP contribution in [0.4, 0.5) is 0 Å². The summed E-state index contributed by atoms with van der Waals surface area (Å²) in [5.74, 6) is 1.29. The number of hydrogen-bond donors (Lipinski definition) is 1. The van der Waals surface area contributed by atoms with Crippen molar-refractivity contribution in [3.05, 3.63) is 65.2 Å². The van der Waals surface area contributed by atoms with Gasteiger partial charge in [-0.3, -0.25) is 4.79 Å². The second kappa shape index (κ2) is 9.26. The maximum atomic E-state index is 12.5. The summed E-state index contributed by atoms with van der Waals surface area (Å²) < 4.78 is 1.89. The lowest BCUT2D eigenvalue weighted by atomic mass is 9.96. The summed E-state index contributed by atoms with van der Waals surface area (Å²) in [5.41, 5.74) is 2.04. The molecule has 0 saturated heterocycles. The minimum atomic E-state index is -0.0244. The molecule has 1 unspecified atom stereocenters. The number of nitrogens with one attached hydrogen (secondary N) is 1. The smallest absolute Gasteiger partial charge is 0.230 e. The first-order chi connectivity index (χ1) is 13.5. The van der Waals surface area contributed by atoms with E-state index in [1.54, 1.807) is 0 Å². The van der Waals surface area contributed by atoms with Crippen molar-refractivity contribution in [3.63, 3.8) is 0 Å². The molecule has 3 rings (SSSR count). The molecular weight excluding hydrogens is 392 g/mol. The molecule has 0 aliphatic carbocycles. The predicted molar refractivity (Wildman–Crippen MR) is 114 cm³/mol. The monoisotopic (exact) mass is 414 g/mol. The Bertz CT molecular complexity index is 925. The van der Waals surface area contributed by atoms with Crippen molar-refractivity contribution in [3.8, 4) is 11.4 Å². The van der Waals surface area contributed by atoms with Crippen LogP contribution in [0.2, 0.25) is 5.02 Å². The number of rotatable bonds is 7. The Morgan fingerprint density at radius 2 is 1.79 bits per heavy atom. The Morgan fingerprint density at radius 3 is 2.43 bits per heavy atom. The normalized spacial score (nSPS) is 12.2. The first-order valence-electron chi connectivity index (χ1n) is 9.08. The van der Waals surface area contributed by atoms with Crippen molar-refractivity contribution in [2.45, 2.75) is 25.0 Å². The van der Waals surface area contributed by atoms with Gasteiger partial charge in [0.1, 0.15) is 0 Å². The maximum absolute atomic E-state index is 12.5. The number of carbonyl (C=O) groups excluding carboxylic acids is 1. The van der Waals surface area contributed by atoms with Crippen LogP contribution in [0.15, 0.2) is 59.8 Å². The summed E-state index contributed by atoms with van der Waals surface area (Å²) in [7, 11) is 1.89. The molecule has 1 heterocycles. The van der Waals surface area contributed by atoms with Gasteiger partial charge in [-0.1, -0.05) is 67.5 Å². The third-order valence-electron chi connectivity index (χ3n) is 4.41. The minimum absolute atomic E-state index is 0.0153. The lowest BCUT2D eigenvalue weighted by Crippen LogP contribution is -2.33. The van der Waals surface area contributed by atoms with Crippen LogP contribution in [-0.4, -0.2) is 26.4 Å². The second-order valence-corrected chi connectivity index (χ2v) is 8.24. The fourth-order valence-corrected chi connectivity index (χ4v) is 3.78. The van der Waals surface area contributed by atoms with E-state index < -0.39 is 0 Å². The molecule has 28 heavy (non-hydrogen) atoms. The van der Waals surface area contributed by atoms with Crippen molar-refractivity contribution >= 4 is 29.3 Å². The minimum Gasteiger partial charge on any atom is -0.348 e. The lowest BCUT2D eigenvalue weighted by Gasteiger charge is -2.22. The Hall–Kier alpha value is -2.31. The van der Waals surface area contributed by atoms with Gasteiger partial charge in [0, 0.05) is 17.6 Å². The number of amides is 1. The third-order valence-corrected chi connectivity index (χ3v) is 5.68. The molecule has 2 aromatic carbocycles. The summed E-state index contributed by atoms with van der Waals surface area (Å²) in [6.07, 6.45) is 0. The highest BCUT2D eigenvalue weighted by Gasteiger charge is 2.19. The molecule has 0 spiro atoms. The lowest BCUT2D eigenvalue weighted by molar-refractivity contribution is -0.119. The van der Waals surface area contributed by atoms with Crippen LogP contribution in [0.25, 0.3) is 11.4 Å². The van der Waals surface area contributed by atoms with Gasteiger partial charge in [0.05, 0.1) is 11.8 Å². The van der Waals surface area contributed by atoms with Crippen molar-refractivity contribution < 1.29 is 4.79 Å². The predicted octanol–water partition coefficient (Wildman–Crippen LogP) is 4.74. The number of carbonyl (C=O) groups is 1. The van der Waals surface area contributed by atoms with E-state index in [4.69, 9.17) is 11.6 Å². The molecule has 0 aliphatic rings. The van der Waals surface area contributed by atoms with Gasteiger partial charge in [-0.15, -0.1) is 10.2 Å². The van der Waals surface area contributed by atoms with Crippen molar-refractivity contribution in [2.75, 3.05) is 5.75 Å². The highest BCUT2D eigenvalue weighted by molar-refractivity contribution is 7.99. The number of nitrogens with zero attached hydrogens (tertiary/aromatic N) is 3. The van der Waals surface area contributed by atoms with Crippen LogP contribution < -0.4 is 5.32 Å². The molecular formula is C21H23ClN4OS. The molecule has 0 saturated carbocycles. The van der Waals surface area contributed by atoms with Crippen LogP contribution >= 0.6 is 23.4 Å². The summed E-state index contributed by atoms with van der Waals surface area (Å²) in [6.45, 7) is 4.21. The molecule has 146 valence electrons. The molecule has 1 N–H and O–H groups in total. The maximum Gasteiger partial charge on any atom is 0.230 e. The zero-order valence-electron chi connectivity index (χ0n) is 16.1. The summed E-state index contributed by atoms with van der Waals surface area (Å²) in [6, 6.07) is 17.5. The molecule has 7 heteroatoms. The van der Waals surface area contributed by atoms with Crippen LogP contribution in [0.5, 0.6) is 0 Å². The molecule has 1 amide bonds. The van der Waals surface area contributed by atoms with Crippen molar-refractivity contribution in [2.24, 2.45) is 13.0 Å². The van der Waals surface area contributed by atoms with E-state index >= 15 is 0 Å². The molecule has 1 atom stereocenters. The average Bonchev–Trinajstić information content (AvgIpc) is 3.06. The van der Waals surface area contributed by atoms with E-state index in [-0.39, 0.29) is 17.7 Å². The number of halogens is 1. The molecule has 0 radical (unpaired) electrons. The second-order valence-electron chi connectivity index (χ2n) is 6.86. The quantitative estimate of drug-likeness (QED) is 0.567. The number of hydrogen-bond acceptors (Lipinski definition) is 4. The number of thioether (sulfide) groups is 1. The average molecular weight is 415 g/mol. The Kier molecular flexibility index (Phi) is 6.75. The van der Waals surface area contributed by atoms with E-state index in [2.05, 4.69) is 29.4 Å². The molecule has 1 aromatic heterocycles. The van der Waals surface area contributed by atoms with Gasteiger partial charge in [-0.05, 0) is 35.7 Å². The van der Waals surface area contributed by atoms with Crippen molar-refractivity contribution in [1.29, 1.82) is 0 Å². The largest absolute Gasteiger partial charge is 0.348 e. The highest BCUT2D eigenvalue weighted by atomic mass is 35.5. The van der Waals surface area contributed by atoms with Gasteiger partial charge in [0.25, 0.3) is 0 Å². The van der Waals surface area contributed by atoms with Crippen LogP contribution in [0.3, 0.4) is 0 Å². The van der Waals surface area contributed by atoms with Gasteiger partial charge >= 0.3 is 0 Å². The fraction of sp³-hybridized carbons (Fsp3) is 0.286. The molecule has 5 nitrogen and oxygen atoms in total. The number of benzene rings is 2. The highest BCUT2D eigenvalue weighted by Crippen LogP contribution is 2.25. The van der Waals surface area contributed by atoms with E-state index in [0.717, 1.165) is 17.0 Å². The van der Waals surface area contributed by atoms with Crippen LogP contribution in [0, 0.1) is 5.92 Å². The summed E-state index contributed by atoms with van der Waals surface area (Å²) in [4.78, 5) is 12.5. The van der Waals surface area contributed by atoms with Gasteiger partial charge in [0.15, 0.2) is 11.0 Å². The van der Waals surface area contributed by atoms with E-state index in [9.17, 15) is 4.79 Å². The van der Waals surface area contributed by atoms with E-state index in [1.807, 2.05) is 66.2 Å². The molecule has 0 fully saturated rings. The molecule has 0 aliphatic heterocycles. The molecule has 3 aromatic rings. The first kappa shape index (κ1) is 20.4. The fourth-order valence-electron chi connectivity index (χ4n) is 2.93. The standard InChI is InChI=1S/C21H23ClN4OS/c1-14(2)19(15-7-5-4-6-8-15)23-18(27)13-28-21-25-24-20(26(21)3)16-9-11-17(22)12-10-16/h4-12,14,19H,13H2,1-3H3,(H,23,27). The Morgan fingerprint density at radius 1 is 1.11 bits per heavy atom. The third kappa shape index (κ3) is 4.94. The SMILES string of the molecule is CC(C)C(NC(=O)CSc1nnc(-c2ccc(Cl)cc2)n1C)c1ccccc1. The topological polar surface area (TPSA) is 59.8 Å². The van der Waals surface area contributed by atoms with Gasteiger partial charge < -0.3 is 9.88 Å². The molecule has 0 bridgehead atoms. The first-order valence-corrected chi connectivity index (χ1v) is 10.4. The van der Waals surface area contributed by atoms with Crippen LogP contribution in [0.1, 0.15) is 25.5 Å². The van der Waals surface area contributed by atoms with Crippen molar-refractivity contribution in [1.82, 2.24) is 20.1 Å². The zero-order chi connectivity index (χ0) is 20.1. The Labute approximate surface area is 174 Å². The van der Waals surface area contributed by atoms with Gasteiger partial charge in [-0.2, -0.15) is 0 Å². The summed E-state index contributed by atoms with van der Waals surface area (Å²) >= 11 is 7.32. The van der Waals surface area contributed by atoms with Crippen LogP contribution in [-0.2, 0) is 11.8 Å². The Balaban J connectivity index is 1.64. The van der Waals surface area contributed by atoms with E-state index in [1.165, 1.54) is 11.8 Å². The summed E-state index contributed by atoms with van der Waals surface area (Å²) in [5, 5.41) is 13.0. The zero-order valence-corrected chi connectivity index (χ0v) is 17.7. The van der Waals surface area contributed by atoms with Gasteiger partial charge in [-0.25, -0.2) is 0 Å². The number of aromatic nitrogens is 3.